The van der Waals surface area contributed by atoms with Gasteiger partial charge in [-0.2, -0.15) is 0 Å². The number of rotatable bonds is 5. The zero-order valence-corrected chi connectivity index (χ0v) is 10.6. The first-order valence-electron chi connectivity index (χ1n) is 4.90. The summed E-state index contributed by atoms with van der Waals surface area (Å²) in [6.07, 6.45) is 0.877. The van der Waals surface area contributed by atoms with Crippen LogP contribution < -0.4 is 5.84 Å². The minimum absolute atomic E-state index is 0.205. The molecule has 2 N–H and O–H groups in total. The van der Waals surface area contributed by atoms with Crippen molar-refractivity contribution in [3.05, 3.63) is 48.0 Å². The Kier molecular flexibility index (Phi) is 5.02. The first kappa shape index (κ1) is 12.4. The van der Waals surface area contributed by atoms with Gasteiger partial charge in [0.2, 0.25) is 0 Å². The number of hydrazine groups is 1. The van der Waals surface area contributed by atoms with E-state index in [9.17, 15) is 0 Å². The second-order valence-corrected chi connectivity index (χ2v) is 4.24. The van der Waals surface area contributed by atoms with E-state index >= 15 is 0 Å². The van der Waals surface area contributed by atoms with Crippen LogP contribution in [0.5, 0.6) is 0 Å². The summed E-state index contributed by atoms with van der Waals surface area (Å²) < 4.78 is 0. The van der Waals surface area contributed by atoms with Crippen LogP contribution >= 0.6 is 15.9 Å². The molecule has 0 amide bonds. The number of hydrogen-bond acceptors (Lipinski definition) is 2. The van der Waals surface area contributed by atoms with Crippen molar-refractivity contribution < 1.29 is 0 Å². The van der Waals surface area contributed by atoms with Gasteiger partial charge in [-0.05, 0) is 12.0 Å². The SMILES string of the molecule is C=C(CBr)CC(c1ccccc1)N(C)N. The van der Waals surface area contributed by atoms with Gasteiger partial charge in [-0.15, -0.1) is 0 Å². The van der Waals surface area contributed by atoms with Gasteiger partial charge in [0.25, 0.3) is 0 Å². The summed E-state index contributed by atoms with van der Waals surface area (Å²) >= 11 is 3.41. The van der Waals surface area contributed by atoms with E-state index in [0.717, 1.165) is 17.3 Å². The van der Waals surface area contributed by atoms with Crippen molar-refractivity contribution in [3.8, 4) is 0 Å². The summed E-state index contributed by atoms with van der Waals surface area (Å²) in [4.78, 5) is 0. The molecule has 15 heavy (non-hydrogen) atoms. The van der Waals surface area contributed by atoms with Crippen molar-refractivity contribution in [3.63, 3.8) is 0 Å². The summed E-state index contributed by atoms with van der Waals surface area (Å²) in [5.74, 6) is 5.85. The molecule has 0 fully saturated rings. The Balaban J connectivity index is 2.79. The first-order valence-corrected chi connectivity index (χ1v) is 6.02. The van der Waals surface area contributed by atoms with Gasteiger partial charge in [-0.25, -0.2) is 5.01 Å². The van der Waals surface area contributed by atoms with E-state index in [2.05, 4.69) is 34.6 Å². The predicted molar refractivity (Wildman–Crippen MR) is 68.7 cm³/mol. The maximum absolute atomic E-state index is 5.85. The average Bonchev–Trinajstić information content (AvgIpc) is 2.26. The van der Waals surface area contributed by atoms with Crippen molar-refractivity contribution in [2.45, 2.75) is 12.5 Å². The topological polar surface area (TPSA) is 29.3 Å². The third-order valence-electron chi connectivity index (χ3n) is 2.35. The van der Waals surface area contributed by atoms with E-state index in [1.54, 1.807) is 5.01 Å². The Labute approximate surface area is 99.9 Å². The van der Waals surface area contributed by atoms with E-state index in [1.165, 1.54) is 5.56 Å². The largest absolute Gasteiger partial charge is 0.268 e. The fourth-order valence-electron chi connectivity index (χ4n) is 1.50. The maximum atomic E-state index is 5.85. The Morgan fingerprint density at radius 2 is 2.07 bits per heavy atom. The number of halogens is 1. The molecule has 1 aromatic carbocycles. The van der Waals surface area contributed by atoms with Gasteiger partial charge in [0.1, 0.15) is 0 Å². The molecule has 1 atom stereocenters. The van der Waals surface area contributed by atoms with Crippen LogP contribution in [0.3, 0.4) is 0 Å². The van der Waals surface area contributed by atoms with Crippen LogP contribution in [-0.4, -0.2) is 17.4 Å². The number of benzene rings is 1. The standard InChI is InChI=1S/C12H17BrN2/c1-10(9-13)8-12(15(2)14)11-6-4-3-5-7-11/h3-7,12H,1,8-9,14H2,2H3. The first-order chi connectivity index (χ1) is 7.15. The fourth-order valence-corrected chi connectivity index (χ4v) is 1.73. The molecule has 0 radical (unpaired) electrons. The second-order valence-electron chi connectivity index (χ2n) is 3.68. The van der Waals surface area contributed by atoms with Crippen LogP contribution in [0.25, 0.3) is 0 Å². The van der Waals surface area contributed by atoms with Crippen LogP contribution in [0.4, 0.5) is 0 Å². The van der Waals surface area contributed by atoms with Gasteiger partial charge in [0.15, 0.2) is 0 Å². The van der Waals surface area contributed by atoms with Crippen LogP contribution in [0.15, 0.2) is 42.5 Å². The molecule has 1 unspecified atom stereocenters. The van der Waals surface area contributed by atoms with Gasteiger partial charge >= 0.3 is 0 Å². The van der Waals surface area contributed by atoms with Crippen LogP contribution in [0.2, 0.25) is 0 Å². The van der Waals surface area contributed by atoms with E-state index in [1.807, 2.05) is 25.2 Å². The van der Waals surface area contributed by atoms with Crippen molar-refractivity contribution in [1.29, 1.82) is 0 Å². The lowest BCUT2D eigenvalue weighted by atomic mass is 10.0. The molecule has 0 bridgehead atoms. The van der Waals surface area contributed by atoms with Crippen LogP contribution in [0, 0.1) is 0 Å². The highest BCUT2D eigenvalue weighted by molar-refractivity contribution is 9.09. The minimum atomic E-state index is 0.205. The Hall–Kier alpha value is -0.640. The van der Waals surface area contributed by atoms with Crippen molar-refractivity contribution in [2.24, 2.45) is 5.84 Å². The van der Waals surface area contributed by atoms with E-state index < -0.39 is 0 Å². The molecule has 0 aliphatic rings. The van der Waals surface area contributed by atoms with Gasteiger partial charge in [0, 0.05) is 12.4 Å². The van der Waals surface area contributed by atoms with E-state index in [0.29, 0.717) is 0 Å². The average molecular weight is 269 g/mol. The minimum Gasteiger partial charge on any atom is -0.268 e. The molecule has 2 nitrogen and oxygen atoms in total. The quantitative estimate of drug-likeness (QED) is 0.385. The highest BCUT2D eigenvalue weighted by Gasteiger charge is 2.14. The molecule has 0 saturated heterocycles. The number of nitrogens with two attached hydrogens (primary N) is 1. The van der Waals surface area contributed by atoms with Gasteiger partial charge in [-0.3, -0.25) is 5.84 Å². The molecule has 0 heterocycles. The lowest BCUT2D eigenvalue weighted by molar-refractivity contribution is 0.251. The lowest BCUT2D eigenvalue weighted by Crippen LogP contribution is -2.31. The smallest absolute Gasteiger partial charge is 0.0524 e. The van der Waals surface area contributed by atoms with E-state index in [4.69, 9.17) is 5.84 Å². The van der Waals surface area contributed by atoms with Gasteiger partial charge < -0.3 is 0 Å². The molecule has 1 rings (SSSR count). The molecule has 0 aromatic heterocycles. The second kappa shape index (κ2) is 6.05. The van der Waals surface area contributed by atoms with Crippen LogP contribution in [-0.2, 0) is 0 Å². The third-order valence-corrected chi connectivity index (χ3v) is 3.14. The van der Waals surface area contributed by atoms with Crippen molar-refractivity contribution in [1.82, 2.24) is 5.01 Å². The van der Waals surface area contributed by atoms with Gasteiger partial charge in [-0.1, -0.05) is 58.4 Å². The molecule has 0 aliphatic heterocycles. The number of nitrogens with zero attached hydrogens (tertiary/aromatic N) is 1. The Morgan fingerprint density at radius 1 is 1.47 bits per heavy atom. The molecular weight excluding hydrogens is 252 g/mol. The van der Waals surface area contributed by atoms with Crippen LogP contribution in [0.1, 0.15) is 18.0 Å². The molecule has 0 aliphatic carbocycles. The molecule has 3 heteroatoms. The predicted octanol–water partition coefficient (Wildman–Crippen LogP) is 2.87. The summed E-state index contributed by atoms with van der Waals surface area (Å²) in [5, 5.41) is 2.56. The van der Waals surface area contributed by atoms with E-state index in [-0.39, 0.29) is 6.04 Å². The molecule has 82 valence electrons. The zero-order chi connectivity index (χ0) is 11.3. The summed E-state index contributed by atoms with van der Waals surface area (Å²) in [6.45, 7) is 3.99. The fraction of sp³-hybridized carbons (Fsp3) is 0.333. The van der Waals surface area contributed by atoms with Crippen molar-refractivity contribution >= 4 is 15.9 Å². The molecule has 0 saturated carbocycles. The molecular formula is C12H17BrN2. The summed E-state index contributed by atoms with van der Waals surface area (Å²) in [5.41, 5.74) is 2.38. The number of hydrogen-bond donors (Lipinski definition) is 1. The molecule has 1 aromatic rings. The Bertz CT molecular complexity index is 309. The highest BCUT2D eigenvalue weighted by atomic mass is 79.9. The summed E-state index contributed by atoms with van der Waals surface area (Å²) in [6, 6.07) is 10.5. The Morgan fingerprint density at radius 3 is 2.53 bits per heavy atom. The van der Waals surface area contributed by atoms with Gasteiger partial charge in [0.05, 0.1) is 6.04 Å². The monoisotopic (exact) mass is 268 g/mol. The summed E-state index contributed by atoms with van der Waals surface area (Å²) in [7, 11) is 1.89. The maximum Gasteiger partial charge on any atom is 0.0524 e. The normalized spacial score (nSPS) is 12.8. The van der Waals surface area contributed by atoms with Crippen molar-refractivity contribution in [2.75, 3.05) is 12.4 Å². The molecule has 0 spiro atoms. The number of alkyl halides is 1. The third kappa shape index (κ3) is 3.78. The highest BCUT2D eigenvalue weighted by Crippen LogP contribution is 2.24. The lowest BCUT2D eigenvalue weighted by Gasteiger charge is -2.24. The zero-order valence-electron chi connectivity index (χ0n) is 8.99.